The molecule has 0 unspecified atom stereocenters. The molecule has 28 heavy (non-hydrogen) atoms. The van der Waals surface area contributed by atoms with Gasteiger partial charge in [-0.05, 0) is 24.1 Å². The zero-order chi connectivity index (χ0) is 19.3. The lowest BCUT2D eigenvalue weighted by Gasteiger charge is -2.17. The largest absolute Gasteiger partial charge is 0.482 e. The number of nitrogens with zero attached hydrogens (tertiary/aromatic N) is 1. The van der Waals surface area contributed by atoms with E-state index in [1.165, 1.54) is 0 Å². The van der Waals surface area contributed by atoms with Gasteiger partial charge < -0.3 is 14.4 Å². The predicted octanol–water partition coefficient (Wildman–Crippen LogP) is 3.68. The lowest BCUT2D eigenvalue weighted by atomic mass is 10.2. The number of benzene rings is 2. The summed E-state index contributed by atoms with van der Waals surface area (Å²) in [5, 5.41) is 0. The molecule has 0 aliphatic carbocycles. The molecule has 0 atom stereocenters. The predicted molar refractivity (Wildman–Crippen MR) is 113 cm³/mol. The van der Waals surface area contributed by atoms with Crippen LogP contribution >= 0.6 is 23.5 Å². The molecule has 0 bridgehead atoms. The first-order chi connectivity index (χ1) is 13.7. The van der Waals surface area contributed by atoms with Gasteiger partial charge in [-0.3, -0.25) is 4.79 Å². The number of hydrogen-bond acceptors (Lipinski definition) is 6. The quantitative estimate of drug-likeness (QED) is 0.671. The first-order valence-electron chi connectivity index (χ1n) is 9.21. The van der Waals surface area contributed by atoms with Gasteiger partial charge >= 0.3 is 5.97 Å². The SMILES string of the molecule is O=C(COc1ccccc1C1SCCS1)OCC(=O)N1CCc2ccccc21. The second-order valence-electron chi connectivity index (χ2n) is 6.48. The van der Waals surface area contributed by atoms with Crippen LogP contribution in [0.15, 0.2) is 48.5 Å². The summed E-state index contributed by atoms with van der Waals surface area (Å²) < 4.78 is 11.2. The second-order valence-corrected chi connectivity index (χ2v) is 9.21. The highest BCUT2D eigenvalue weighted by Gasteiger charge is 2.25. The first kappa shape index (κ1) is 19.2. The minimum Gasteiger partial charge on any atom is -0.482 e. The van der Waals surface area contributed by atoms with Gasteiger partial charge in [0.25, 0.3) is 5.91 Å². The number of hydrogen-bond donors (Lipinski definition) is 0. The summed E-state index contributed by atoms with van der Waals surface area (Å²) in [5.74, 6) is 2.19. The van der Waals surface area contributed by atoms with E-state index >= 15 is 0 Å². The van der Waals surface area contributed by atoms with E-state index < -0.39 is 5.97 Å². The van der Waals surface area contributed by atoms with Crippen molar-refractivity contribution in [2.24, 2.45) is 0 Å². The van der Waals surface area contributed by atoms with Crippen molar-refractivity contribution in [1.82, 2.24) is 0 Å². The Morgan fingerprint density at radius 1 is 1.00 bits per heavy atom. The van der Waals surface area contributed by atoms with E-state index in [0.717, 1.165) is 34.7 Å². The molecule has 0 saturated carbocycles. The number of esters is 1. The fraction of sp³-hybridized carbons (Fsp3) is 0.333. The van der Waals surface area contributed by atoms with E-state index in [1.54, 1.807) is 4.90 Å². The van der Waals surface area contributed by atoms with E-state index in [4.69, 9.17) is 9.47 Å². The summed E-state index contributed by atoms with van der Waals surface area (Å²) in [6.07, 6.45) is 0.826. The Hall–Kier alpha value is -2.12. The molecule has 2 heterocycles. The summed E-state index contributed by atoms with van der Waals surface area (Å²) in [6.45, 7) is 0.145. The van der Waals surface area contributed by atoms with Crippen LogP contribution < -0.4 is 9.64 Å². The fourth-order valence-corrected chi connectivity index (χ4v) is 6.25. The third-order valence-electron chi connectivity index (χ3n) is 4.69. The van der Waals surface area contributed by atoms with Gasteiger partial charge in [-0.15, -0.1) is 23.5 Å². The van der Waals surface area contributed by atoms with Crippen LogP contribution in [-0.4, -0.2) is 43.1 Å². The van der Waals surface area contributed by atoms with Gasteiger partial charge in [0.15, 0.2) is 13.2 Å². The normalized spacial score (nSPS) is 16.1. The summed E-state index contributed by atoms with van der Waals surface area (Å²) in [7, 11) is 0. The van der Waals surface area contributed by atoms with Crippen LogP contribution in [0.5, 0.6) is 5.75 Å². The Balaban J connectivity index is 1.28. The van der Waals surface area contributed by atoms with Crippen molar-refractivity contribution in [3.63, 3.8) is 0 Å². The van der Waals surface area contributed by atoms with Gasteiger partial charge in [-0.2, -0.15) is 0 Å². The minimum absolute atomic E-state index is 0.205. The number of anilines is 1. The average molecular weight is 416 g/mol. The Bertz CT molecular complexity index is 867. The number of carbonyl (C=O) groups excluding carboxylic acids is 2. The Labute approximate surface area is 172 Å². The number of para-hydroxylation sites is 2. The highest BCUT2D eigenvalue weighted by Crippen LogP contribution is 2.48. The standard InChI is InChI=1S/C21H21NO4S2/c23-19(22-10-9-15-5-1-3-7-17(15)22)13-26-20(24)14-25-18-8-4-2-6-16(18)21-27-11-12-28-21/h1-8,21H,9-14H2. The number of thioether (sulfide) groups is 2. The van der Waals surface area contributed by atoms with E-state index in [1.807, 2.05) is 72.1 Å². The highest BCUT2D eigenvalue weighted by atomic mass is 32.2. The van der Waals surface area contributed by atoms with Crippen molar-refractivity contribution in [2.75, 3.05) is 36.2 Å². The summed E-state index contributed by atoms with van der Waals surface area (Å²) >= 11 is 3.77. The van der Waals surface area contributed by atoms with Crippen LogP contribution in [0.2, 0.25) is 0 Å². The average Bonchev–Trinajstić information content (AvgIpc) is 3.40. The molecule has 0 aromatic heterocycles. The van der Waals surface area contributed by atoms with E-state index in [2.05, 4.69) is 0 Å². The monoisotopic (exact) mass is 415 g/mol. The molecular formula is C21H21NO4S2. The van der Waals surface area contributed by atoms with Gasteiger partial charge in [0.1, 0.15) is 5.75 Å². The number of rotatable bonds is 6. The van der Waals surface area contributed by atoms with Crippen LogP contribution in [0, 0.1) is 0 Å². The molecule has 146 valence electrons. The van der Waals surface area contributed by atoms with Gasteiger partial charge in [-0.1, -0.05) is 36.4 Å². The Kier molecular flexibility index (Phi) is 6.12. The maximum Gasteiger partial charge on any atom is 0.344 e. The second kappa shape index (κ2) is 8.92. The zero-order valence-electron chi connectivity index (χ0n) is 15.3. The van der Waals surface area contributed by atoms with Gasteiger partial charge in [-0.25, -0.2) is 4.79 Å². The fourth-order valence-electron chi connectivity index (χ4n) is 3.34. The molecular weight excluding hydrogens is 394 g/mol. The third kappa shape index (κ3) is 4.31. The van der Waals surface area contributed by atoms with Crippen LogP contribution in [0.25, 0.3) is 0 Å². The van der Waals surface area contributed by atoms with Gasteiger partial charge in [0.05, 0.1) is 4.58 Å². The molecule has 1 saturated heterocycles. The molecule has 0 radical (unpaired) electrons. The Morgan fingerprint density at radius 2 is 1.75 bits per heavy atom. The molecule has 2 aromatic carbocycles. The number of fused-ring (bicyclic) bond motifs is 1. The van der Waals surface area contributed by atoms with Crippen molar-refractivity contribution in [2.45, 2.75) is 11.0 Å². The van der Waals surface area contributed by atoms with Crippen LogP contribution in [0.1, 0.15) is 15.7 Å². The maximum atomic E-state index is 12.4. The smallest absolute Gasteiger partial charge is 0.344 e. The number of ether oxygens (including phenoxy) is 2. The van der Waals surface area contributed by atoms with Crippen molar-refractivity contribution in [1.29, 1.82) is 0 Å². The molecule has 0 N–H and O–H groups in total. The van der Waals surface area contributed by atoms with Crippen LogP contribution in [0.3, 0.4) is 0 Å². The first-order valence-corrected chi connectivity index (χ1v) is 11.3. The number of amides is 1. The van der Waals surface area contributed by atoms with Crippen molar-refractivity contribution < 1.29 is 19.1 Å². The van der Waals surface area contributed by atoms with Crippen molar-refractivity contribution in [3.05, 3.63) is 59.7 Å². The molecule has 2 aromatic rings. The molecule has 2 aliphatic heterocycles. The lowest BCUT2D eigenvalue weighted by Crippen LogP contribution is -2.33. The van der Waals surface area contributed by atoms with E-state index in [-0.39, 0.29) is 19.1 Å². The maximum absolute atomic E-state index is 12.4. The van der Waals surface area contributed by atoms with Crippen molar-refractivity contribution in [3.8, 4) is 5.75 Å². The molecule has 1 fully saturated rings. The van der Waals surface area contributed by atoms with E-state index in [0.29, 0.717) is 16.9 Å². The molecule has 5 nitrogen and oxygen atoms in total. The molecule has 4 rings (SSSR count). The summed E-state index contributed by atoms with van der Waals surface area (Å²) in [6, 6.07) is 15.6. The molecule has 7 heteroatoms. The Morgan fingerprint density at radius 3 is 2.61 bits per heavy atom. The topological polar surface area (TPSA) is 55.8 Å². The van der Waals surface area contributed by atoms with Crippen molar-refractivity contribution >= 4 is 41.1 Å². The third-order valence-corrected chi connectivity index (χ3v) is 7.75. The van der Waals surface area contributed by atoms with Crippen LogP contribution in [0.4, 0.5) is 5.69 Å². The summed E-state index contributed by atoms with van der Waals surface area (Å²) in [4.78, 5) is 26.2. The highest BCUT2D eigenvalue weighted by molar-refractivity contribution is 8.19. The number of carbonyl (C=O) groups is 2. The van der Waals surface area contributed by atoms with Crippen LogP contribution in [-0.2, 0) is 20.7 Å². The van der Waals surface area contributed by atoms with Gasteiger partial charge in [0.2, 0.25) is 0 Å². The van der Waals surface area contributed by atoms with E-state index in [9.17, 15) is 9.59 Å². The molecule has 2 aliphatic rings. The molecule has 0 spiro atoms. The lowest BCUT2D eigenvalue weighted by molar-refractivity contribution is -0.149. The summed E-state index contributed by atoms with van der Waals surface area (Å²) in [5.41, 5.74) is 3.14. The molecule has 1 amide bonds. The minimum atomic E-state index is -0.539. The van der Waals surface area contributed by atoms with Gasteiger partial charge in [0, 0.05) is 29.3 Å². The zero-order valence-corrected chi connectivity index (χ0v) is 17.0.